The van der Waals surface area contributed by atoms with Gasteiger partial charge in [0.05, 0.1) is 11.1 Å². The molecule has 0 unspecified atom stereocenters. The van der Waals surface area contributed by atoms with Crippen LogP contribution in [0.15, 0.2) is 72.8 Å². The number of rotatable bonds is 5. The van der Waals surface area contributed by atoms with Crippen molar-refractivity contribution >= 4 is 5.78 Å². The summed E-state index contributed by atoms with van der Waals surface area (Å²) in [7, 11) is 0. The van der Waals surface area contributed by atoms with Crippen molar-refractivity contribution in [1.82, 2.24) is 0 Å². The van der Waals surface area contributed by atoms with Gasteiger partial charge in [0.25, 0.3) is 0 Å². The number of carbonyl (C=O) groups is 1. The molecule has 0 saturated carbocycles. The van der Waals surface area contributed by atoms with Crippen LogP contribution in [-0.2, 0) is 12.8 Å². The Balaban J connectivity index is 1.86. The first-order valence-corrected chi connectivity index (χ1v) is 8.34. The van der Waals surface area contributed by atoms with Crippen LogP contribution in [0.3, 0.4) is 0 Å². The maximum absolute atomic E-state index is 12.7. The molecule has 0 aliphatic heterocycles. The van der Waals surface area contributed by atoms with Crippen molar-refractivity contribution in [3.8, 4) is 16.9 Å². The van der Waals surface area contributed by atoms with Gasteiger partial charge in [-0.3, -0.25) is 4.79 Å². The number of benzene rings is 3. The molecular weight excluding hydrogens is 353 g/mol. The predicted octanol–water partition coefficient (Wildman–Crippen LogP) is 6.15. The number of ether oxygens (including phenoxy) is 1. The van der Waals surface area contributed by atoms with Gasteiger partial charge in [0.1, 0.15) is 12.4 Å². The zero-order valence-electron chi connectivity index (χ0n) is 14.6. The summed E-state index contributed by atoms with van der Waals surface area (Å²) in [5.41, 5.74) is 1.91. The molecule has 5 heteroatoms. The third-order valence-electron chi connectivity index (χ3n) is 4.14. The van der Waals surface area contributed by atoms with Crippen LogP contribution in [0.25, 0.3) is 11.1 Å². The Morgan fingerprint density at radius 2 is 1.52 bits per heavy atom. The molecule has 0 heterocycles. The fourth-order valence-electron chi connectivity index (χ4n) is 2.70. The van der Waals surface area contributed by atoms with Gasteiger partial charge in [0, 0.05) is 0 Å². The van der Waals surface area contributed by atoms with E-state index in [9.17, 15) is 18.0 Å². The number of hydrogen-bond acceptors (Lipinski definition) is 2. The molecule has 3 rings (SSSR count). The van der Waals surface area contributed by atoms with E-state index < -0.39 is 11.7 Å². The summed E-state index contributed by atoms with van der Waals surface area (Å²) < 4.78 is 43.9. The SMILES string of the molecule is CC(=O)c1cc(-c2ccc(C(F)(F)F)cc2)ccc1OCc1ccccc1. The van der Waals surface area contributed by atoms with E-state index in [0.717, 1.165) is 17.7 Å². The highest BCUT2D eigenvalue weighted by atomic mass is 19.4. The van der Waals surface area contributed by atoms with E-state index in [4.69, 9.17) is 4.74 Å². The number of Topliss-reactive ketones (excluding diaryl/α,β-unsaturated/α-hetero) is 1. The van der Waals surface area contributed by atoms with Crippen LogP contribution < -0.4 is 4.74 Å². The first kappa shape index (κ1) is 18.7. The maximum Gasteiger partial charge on any atom is 0.416 e. The van der Waals surface area contributed by atoms with Crippen LogP contribution >= 0.6 is 0 Å². The number of alkyl halides is 3. The summed E-state index contributed by atoms with van der Waals surface area (Å²) in [6.45, 7) is 1.75. The summed E-state index contributed by atoms with van der Waals surface area (Å²) in [4.78, 5) is 12.0. The number of carbonyl (C=O) groups excluding carboxylic acids is 1. The minimum atomic E-state index is -4.38. The van der Waals surface area contributed by atoms with Gasteiger partial charge in [-0.1, -0.05) is 48.5 Å². The average molecular weight is 370 g/mol. The monoisotopic (exact) mass is 370 g/mol. The average Bonchev–Trinajstić information content (AvgIpc) is 2.66. The molecule has 2 nitrogen and oxygen atoms in total. The van der Waals surface area contributed by atoms with Crippen molar-refractivity contribution in [3.63, 3.8) is 0 Å². The Bertz CT molecular complexity index is 930. The van der Waals surface area contributed by atoms with Crippen molar-refractivity contribution < 1.29 is 22.7 Å². The van der Waals surface area contributed by atoms with E-state index in [1.54, 1.807) is 18.2 Å². The van der Waals surface area contributed by atoms with Gasteiger partial charge in [0.2, 0.25) is 0 Å². The first-order valence-electron chi connectivity index (χ1n) is 8.34. The van der Waals surface area contributed by atoms with Crippen molar-refractivity contribution in [3.05, 3.63) is 89.5 Å². The van der Waals surface area contributed by atoms with E-state index >= 15 is 0 Å². The molecule has 0 aliphatic rings. The van der Waals surface area contributed by atoms with Crippen molar-refractivity contribution in [1.29, 1.82) is 0 Å². The molecule has 0 radical (unpaired) electrons. The molecule has 0 aromatic heterocycles. The lowest BCUT2D eigenvalue weighted by atomic mass is 9.99. The summed E-state index contributed by atoms with van der Waals surface area (Å²) in [6, 6.07) is 19.4. The van der Waals surface area contributed by atoms with Crippen LogP contribution in [-0.4, -0.2) is 5.78 Å². The Kier molecular flexibility index (Phi) is 5.31. The van der Waals surface area contributed by atoms with Crippen molar-refractivity contribution in [2.75, 3.05) is 0 Å². The molecule has 27 heavy (non-hydrogen) atoms. The highest BCUT2D eigenvalue weighted by Gasteiger charge is 2.30. The van der Waals surface area contributed by atoms with Crippen LogP contribution in [0.5, 0.6) is 5.75 Å². The highest BCUT2D eigenvalue weighted by molar-refractivity contribution is 5.98. The third-order valence-corrected chi connectivity index (χ3v) is 4.14. The molecular formula is C22H17F3O2. The van der Waals surface area contributed by atoms with Crippen molar-refractivity contribution in [2.24, 2.45) is 0 Å². The minimum absolute atomic E-state index is 0.174. The van der Waals surface area contributed by atoms with Gasteiger partial charge in [-0.15, -0.1) is 0 Å². The molecule has 0 fully saturated rings. The molecule has 3 aromatic carbocycles. The lowest BCUT2D eigenvalue weighted by Gasteiger charge is -2.13. The summed E-state index contributed by atoms with van der Waals surface area (Å²) in [6.07, 6.45) is -4.38. The summed E-state index contributed by atoms with van der Waals surface area (Å²) in [5, 5.41) is 0. The van der Waals surface area contributed by atoms with Gasteiger partial charge >= 0.3 is 6.18 Å². The summed E-state index contributed by atoms with van der Waals surface area (Å²) >= 11 is 0. The van der Waals surface area contributed by atoms with E-state index in [1.807, 2.05) is 30.3 Å². The molecule has 3 aromatic rings. The van der Waals surface area contributed by atoms with Gasteiger partial charge in [-0.05, 0) is 47.9 Å². The Morgan fingerprint density at radius 3 is 2.11 bits per heavy atom. The van der Waals surface area contributed by atoms with E-state index in [0.29, 0.717) is 29.0 Å². The van der Waals surface area contributed by atoms with E-state index in [1.165, 1.54) is 19.1 Å². The Labute approximate surface area is 155 Å². The lowest BCUT2D eigenvalue weighted by molar-refractivity contribution is -0.137. The quantitative estimate of drug-likeness (QED) is 0.503. The molecule has 0 saturated heterocycles. The van der Waals surface area contributed by atoms with Crippen LogP contribution in [0.1, 0.15) is 28.4 Å². The minimum Gasteiger partial charge on any atom is -0.488 e. The molecule has 0 amide bonds. The fourth-order valence-corrected chi connectivity index (χ4v) is 2.70. The molecule has 138 valence electrons. The zero-order chi connectivity index (χ0) is 19.4. The predicted molar refractivity (Wildman–Crippen MR) is 97.7 cm³/mol. The maximum atomic E-state index is 12.7. The molecule has 0 bridgehead atoms. The number of halogens is 3. The standard InChI is InChI=1S/C22H17F3O2/c1-15(26)20-13-18(17-7-10-19(11-8-17)22(23,24)25)9-12-21(20)27-14-16-5-3-2-4-6-16/h2-13H,14H2,1H3. The second-order valence-electron chi connectivity index (χ2n) is 6.12. The number of ketones is 1. The second kappa shape index (κ2) is 7.66. The number of hydrogen-bond donors (Lipinski definition) is 0. The van der Waals surface area contributed by atoms with Crippen LogP contribution in [0.2, 0.25) is 0 Å². The van der Waals surface area contributed by atoms with Crippen molar-refractivity contribution in [2.45, 2.75) is 19.7 Å². The normalized spacial score (nSPS) is 11.3. The zero-order valence-corrected chi connectivity index (χ0v) is 14.6. The van der Waals surface area contributed by atoms with E-state index in [-0.39, 0.29) is 5.78 Å². The second-order valence-corrected chi connectivity index (χ2v) is 6.12. The molecule has 0 N–H and O–H groups in total. The van der Waals surface area contributed by atoms with Crippen LogP contribution in [0, 0.1) is 0 Å². The summed E-state index contributed by atoms with van der Waals surface area (Å²) in [5.74, 6) is 0.272. The Hall–Kier alpha value is -3.08. The smallest absolute Gasteiger partial charge is 0.416 e. The Morgan fingerprint density at radius 1 is 0.889 bits per heavy atom. The van der Waals surface area contributed by atoms with Gasteiger partial charge in [0.15, 0.2) is 5.78 Å². The van der Waals surface area contributed by atoms with Gasteiger partial charge in [-0.2, -0.15) is 13.2 Å². The first-order chi connectivity index (χ1) is 12.8. The molecule has 0 spiro atoms. The molecule has 0 aliphatic carbocycles. The van der Waals surface area contributed by atoms with Crippen LogP contribution in [0.4, 0.5) is 13.2 Å². The topological polar surface area (TPSA) is 26.3 Å². The largest absolute Gasteiger partial charge is 0.488 e. The van der Waals surface area contributed by atoms with Gasteiger partial charge in [-0.25, -0.2) is 0 Å². The van der Waals surface area contributed by atoms with Gasteiger partial charge < -0.3 is 4.74 Å². The lowest BCUT2D eigenvalue weighted by Crippen LogP contribution is -2.04. The third kappa shape index (κ3) is 4.56. The highest BCUT2D eigenvalue weighted by Crippen LogP contribution is 2.32. The fraction of sp³-hybridized carbons (Fsp3) is 0.136. The molecule has 0 atom stereocenters. The van der Waals surface area contributed by atoms with E-state index in [2.05, 4.69) is 0 Å².